The second-order valence-corrected chi connectivity index (χ2v) is 11.8. The third kappa shape index (κ3) is 7.69. The van der Waals surface area contributed by atoms with Crippen molar-refractivity contribution in [1.82, 2.24) is 15.2 Å². The standard InChI is InChI=1S/C34H43N5O6/c1-2-38-16-18-42-31-20-25-29(22-27(31)38)45-30-23-28-32(21-26(30)37-25)43-19-17-39(28)15-8-12-33(40)35-13-9-14-36-34(41)44-24-10-6-4-3-5-7-11-24/h3-4,20-24H,2,5-19H2,1H3,(H-,35,36,40,41)/p+1/b4-3+/t24-/m0/s1. The molecular formula is C34H44N5O6+. The number of anilines is 1. The number of ether oxygens (including phenoxy) is 4. The summed E-state index contributed by atoms with van der Waals surface area (Å²) in [5.74, 6) is 3.01. The van der Waals surface area contributed by atoms with E-state index < -0.39 is 0 Å². The van der Waals surface area contributed by atoms with E-state index in [4.69, 9.17) is 23.9 Å². The Balaban J connectivity index is 0.983. The topological polar surface area (TPSA) is 114 Å². The Hall–Kier alpha value is -4.28. The molecule has 2 amide bonds. The van der Waals surface area contributed by atoms with E-state index in [1.54, 1.807) is 0 Å². The SMILES string of the molecule is CCN1CCOc2cc3c(cc21)Oc1cc2c(cc1=N3)OCC[N+]=2CCCC(=O)NCCCNC(=O)O[C@H]1CC/C=C/CCC1. The summed E-state index contributed by atoms with van der Waals surface area (Å²) in [5, 5.41) is 7.45. The fourth-order valence-electron chi connectivity index (χ4n) is 6.18. The van der Waals surface area contributed by atoms with E-state index in [9.17, 15) is 9.59 Å². The summed E-state index contributed by atoms with van der Waals surface area (Å²) in [6.07, 6.45) is 10.5. The maximum absolute atomic E-state index is 12.5. The number of allylic oxidation sites excluding steroid dienone is 2. The smallest absolute Gasteiger partial charge is 0.407 e. The quantitative estimate of drug-likeness (QED) is 0.202. The van der Waals surface area contributed by atoms with E-state index in [0.29, 0.717) is 57.1 Å². The van der Waals surface area contributed by atoms with Crippen LogP contribution in [0.1, 0.15) is 58.3 Å². The van der Waals surface area contributed by atoms with Gasteiger partial charge in [-0.05, 0) is 45.4 Å². The minimum absolute atomic E-state index is 0.00579. The Morgan fingerprint density at radius 2 is 1.84 bits per heavy atom. The van der Waals surface area contributed by atoms with Crippen LogP contribution in [0, 0.1) is 0 Å². The minimum atomic E-state index is -0.372. The molecule has 11 heteroatoms. The van der Waals surface area contributed by atoms with Gasteiger partial charge in [-0.3, -0.25) is 4.79 Å². The van der Waals surface area contributed by atoms with Gasteiger partial charge in [0.25, 0.3) is 0 Å². The number of benzene rings is 2. The molecule has 0 spiro atoms. The summed E-state index contributed by atoms with van der Waals surface area (Å²) < 4.78 is 26.1. The molecule has 3 aliphatic heterocycles. The first-order valence-corrected chi connectivity index (χ1v) is 16.4. The first kappa shape index (κ1) is 30.7. The molecule has 0 saturated carbocycles. The van der Waals surface area contributed by atoms with Crippen molar-refractivity contribution in [3.05, 3.63) is 47.1 Å². The van der Waals surface area contributed by atoms with Crippen LogP contribution in [-0.4, -0.2) is 70.6 Å². The first-order valence-electron chi connectivity index (χ1n) is 16.4. The predicted molar refractivity (Wildman–Crippen MR) is 171 cm³/mol. The zero-order valence-electron chi connectivity index (χ0n) is 26.1. The number of hydrogen-bond donors (Lipinski definition) is 2. The molecule has 1 aliphatic carbocycles. The molecule has 0 aromatic heterocycles. The fraction of sp³-hybridized carbons (Fsp3) is 0.529. The zero-order valence-corrected chi connectivity index (χ0v) is 26.1. The lowest BCUT2D eigenvalue weighted by Crippen LogP contribution is -2.41. The van der Waals surface area contributed by atoms with Crippen molar-refractivity contribution in [3.8, 4) is 23.0 Å². The molecule has 2 aromatic carbocycles. The summed E-state index contributed by atoms with van der Waals surface area (Å²) in [7, 11) is 0. The van der Waals surface area contributed by atoms with E-state index in [1.807, 2.05) is 24.3 Å². The number of carbonyl (C=O) groups excluding carboxylic acids is 2. The fourth-order valence-corrected chi connectivity index (χ4v) is 6.18. The van der Waals surface area contributed by atoms with Crippen molar-refractivity contribution in [1.29, 1.82) is 0 Å². The van der Waals surface area contributed by atoms with Gasteiger partial charge in [0.1, 0.15) is 42.7 Å². The molecular weight excluding hydrogens is 574 g/mol. The summed E-state index contributed by atoms with van der Waals surface area (Å²) in [6.45, 7) is 7.53. The van der Waals surface area contributed by atoms with Crippen molar-refractivity contribution >= 4 is 23.4 Å². The Bertz CT molecular complexity index is 1560. The maximum Gasteiger partial charge on any atom is 0.407 e. The van der Waals surface area contributed by atoms with Crippen molar-refractivity contribution in [2.75, 3.05) is 57.4 Å². The van der Waals surface area contributed by atoms with Gasteiger partial charge < -0.3 is 34.5 Å². The molecule has 0 unspecified atom stereocenters. The van der Waals surface area contributed by atoms with Crippen LogP contribution < -0.4 is 45.0 Å². The van der Waals surface area contributed by atoms with Crippen molar-refractivity contribution in [2.24, 2.45) is 4.99 Å². The number of nitrogens with one attached hydrogen (secondary N) is 2. The van der Waals surface area contributed by atoms with Gasteiger partial charge in [-0.25, -0.2) is 14.4 Å². The molecule has 0 radical (unpaired) electrons. The molecule has 2 N–H and O–H groups in total. The molecule has 6 rings (SSSR count). The highest BCUT2D eigenvalue weighted by molar-refractivity contribution is 5.75. The Morgan fingerprint density at radius 3 is 2.76 bits per heavy atom. The predicted octanol–water partition coefficient (Wildman–Crippen LogP) is 3.75. The normalized spacial score (nSPS) is 18.9. The lowest BCUT2D eigenvalue weighted by molar-refractivity contribution is -0.121. The van der Waals surface area contributed by atoms with Crippen LogP contribution in [0.2, 0.25) is 0 Å². The number of rotatable bonds is 10. The highest BCUT2D eigenvalue weighted by atomic mass is 16.6. The van der Waals surface area contributed by atoms with Gasteiger partial charge in [-0.2, -0.15) is 0 Å². The summed E-state index contributed by atoms with van der Waals surface area (Å²) in [6, 6.07) is 7.90. The average Bonchev–Trinajstić information content (AvgIpc) is 3.02. The Labute approximate surface area is 263 Å². The molecule has 45 heavy (non-hydrogen) atoms. The van der Waals surface area contributed by atoms with Crippen LogP contribution >= 0.6 is 0 Å². The zero-order chi connectivity index (χ0) is 31.0. The first-order chi connectivity index (χ1) is 22.1. The van der Waals surface area contributed by atoms with E-state index >= 15 is 0 Å². The highest BCUT2D eigenvalue weighted by Gasteiger charge is 2.25. The maximum atomic E-state index is 12.5. The van der Waals surface area contributed by atoms with Crippen molar-refractivity contribution in [3.63, 3.8) is 0 Å². The molecule has 4 aliphatic rings. The monoisotopic (exact) mass is 618 g/mol. The Kier molecular flexibility index (Phi) is 10.0. The van der Waals surface area contributed by atoms with Gasteiger partial charge in [0.2, 0.25) is 11.3 Å². The number of alkyl carbamates (subject to hydrolysis) is 1. The van der Waals surface area contributed by atoms with Crippen LogP contribution in [-0.2, 0) is 9.53 Å². The van der Waals surface area contributed by atoms with Crippen LogP contribution in [0.5, 0.6) is 23.0 Å². The number of nitrogens with zero attached hydrogens (tertiary/aromatic N) is 3. The molecule has 0 bridgehead atoms. The second kappa shape index (κ2) is 14.7. The van der Waals surface area contributed by atoms with Gasteiger partial charge >= 0.3 is 6.09 Å². The van der Waals surface area contributed by atoms with E-state index in [0.717, 1.165) is 91.9 Å². The molecule has 2 aromatic rings. The molecule has 240 valence electrons. The number of hydrogen-bond acceptors (Lipinski definition) is 8. The highest BCUT2D eigenvalue weighted by Crippen LogP contribution is 2.44. The van der Waals surface area contributed by atoms with Crippen molar-refractivity contribution in [2.45, 2.75) is 64.4 Å². The molecule has 11 nitrogen and oxygen atoms in total. The number of fused-ring (bicyclic) bond motifs is 4. The summed E-state index contributed by atoms with van der Waals surface area (Å²) in [4.78, 5) is 31.8. The lowest BCUT2D eigenvalue weighted by Gasteiger charge is -2.31. The van der Waals surface area contributed by atoms with E-state index in [2.05, 4.69) is 39.2 Å². The third-order valence-corrected chi connectivity index (χ3v) is 8.61. The van der Waals surface area contributed by atoms with Gasteiger partial charge in [-0.15, -0.1) is 0 Å². The number of carbonyl (C=O) groups is 2. The van der Waals surface area contributed by atoms with Crippen LogP contribution in [0.4, 0.5) is 16.2 Å². The molecule has 3 heterocycles. The van der Waals surface area contributed by atoms with Gasteiger partial charge in [0, 0.05) is 50.7 Å². The van der Waals surface area contributed by atoms with Crippen LogP contribution in [0.3, 0.4) is 0 Å². The van der Waals surface area contributed by atoms with E-state index in [-0.39, 0.29) is 18.1 Å². The van der Waals surface area contributed by atoms with Crippen LogP contribution in [0.15, 0.2) is 41.4 Å². The van der Waals surface area contributed by atoms with Gasteiger partial charge in [0.05, 0.1) is 18.3 Å². The largest absolute Gasteiger partial charge is 0.489 e. The van der Waals surface area contributed by atoms with Gasteiger partial charge in [-0.1, -0.05) is 12.2 Å². The van der Waals surface area contributed by atoms with Crippen LogP contribution in [0.25, 0.3) is 0 Å². The Morgan fingerprint density at radius 1 is 0.978 bits per heavy atom. The molecule has 0 fully saturated rings. The molecule has 1 atom stereocenters. The average molecular weight is 619 g/mol. The van der Waals surface area contributed by atoms with E-state index in [1.165, 1.54) is 0 Å². The lowest BCUT2D eigenvalue weighted by atomic mass is 10.0. The number of likely N-dealkylation sites (N-methyl/N-ethyl adjacent to an activating group) is 1. The molecule has 0 saturated heterocycles. The van der Waals surface area contributed by atoms with Crippen molar-refractivity contribution < 1.29 is 28.5 Å². The number of amides is 2. The minimum Gasteiger partial charge on any atom is -0.489 e. The third-order valence-electron chi connectivity index (χ3n) is 8.61. The summed E-state index contributed by atoms with van der Waals surface area (Å²) in [5.41, 5.74) is 1.77. The second-order valence-electron chi connectivity index (χ2n) is 11.8. The van der Waals surface area contributed by atoms with Gasteiger partial charge in [0.15, 0.2) is 23.8 Å². The summed E-state index contributed by atoms with van der Waals surface area (Å²) >= 11 is 0.